The van der Waals surface area contributed by atoms with E-state index in [9.17, 15) is 9.59 Å². The Balaban J connectivity index is 1.82. The number of hydrogen-bond acceptors (Lipinski definition) is 3. The van der Waals surface area contributed by atoms with Crippen molar-refractivity contribution in [2.75, 3.05) is 0 Å². The molecule has 1 aromatic carbocycles. The van der Waals surface area contributed by atoms with E-state index in [1.54, 1.807) is 29.1 Å². The van der Waals surface area contributed by atoms with Crippen LogP contribution in [0.1, 0.15) is 41.8 Å². The summed E-state index contributed by atoms with van der Waals surface area (Å²) in [6.07, 6.45) is 7.63. The molecule has 0 aliphatic carbocycles. The topological polar surface area (TPSA) is 78.1 Å². The van der Waals surface area contributed by atoms with Gasteiger partial charge in [0.2, 0.25) is 5.43 Å². The number of benzene rings is 1. The van der Waals surface area contributed by atoms with Crippen LogP contribution in [0.4, 0.5) is 0 Å². The average Bonchev–Trinajstić information content (AvgIpc) is 2.84. The van der Waals surface area contributed by atoms with E-state index < -0.39 is 0 Å². The summed E-state index contributed by atoms with van der Waals surface area (Å²) in [5, 5.41) is 3.27. The Hall–Kier alpha value is -4.24. The second-order valence-corrected chi connectivity index (χ2v) is 7.49. The molecule has 3 aromatic heterocycles. The maximum atomic E-state index is 13.0. The standard InChI is InChI=1S/C26H22N4O2/c1-3-18(2)29-26(32)23-17-30(25-22(24(23)31)10-6-14-28-25)21-9-4-7-19(15-21)11-12-20-8-5-13-27-16-20/h4-10,13-18H,3H2,1-2H3,(H,29,32)/p+1. The Kier molecular flexibility index (Phi) is 6.09. The van der Waals surface area contributed by atoms with Crippen LogP contribution in [0.3, 0.4) is 0 Å². The fourth-order valence-corrected chi connectivity index (χ4v) is 3.27. The maximum absolute atomic E-state index is 13.0. The molecule has 0 saturated heterocycles. The van der Waals surface area contributed by atoms with Gasteiger partial charge in [-0.25, -0.2) is 9.97 Å². The van der Waals surface area contributed by atoms with Crippen molar-refractivity contribution in [2.45, 2.75) is 26.3 Å². The molecule has 4 rings (SSSR count). The van der Waals surface area contributed by atoms with Crippen molar-refractivity contribution in [3.05, 3.63) is 100 Å². The smallest absolute Gasteiger partial charge is 0.256 e. The van der Waals surface area contributed by atoms with Gasteiger partial charge in [0.25, 0.3) is 5.91 Å². The quantitative estimate of drug-likeness (QED) is 0.512. The molecule has 2 N–H and O–H groups in total. The lowest BCUT2D eigenvalue weighted by atomic mass is 10.1. The van der Waals surface area contributed by atoms with E-state index in [4.69, 9.17) is 0 Å². The first-order valence-corrected chi connectivity index (χ1v) is 10.5. The third-order valence-corrected chi connectivity index (χ3v) is 5.18. The Morgan fingerprint density at radius 3 is 2.75 bits per heavy atom. The van der Waals surface area contributed by atoms with E-state index in [-0.39, 0.29) is 22.9 Å². The van der Waals surface area contributed by atoms with Crippen LogP contribution >= 0.6 is 0 Å². The number of carbonyl (C=O) groups is 1. The number of fused-ring (bicyclic) bond motifs is 1. The second kappa shape index (κ2) is 9.27. The fourth-order valence-electron chi connectivity index (χ4n) is 3.27. The van der Waals surface area contributed by atoms with Crippen molar-refractivity contribution >= 4 is 16.9 Å². The predicted octanol–water partition coefficient (Wildman–Crippen LogP) is 3.13. The molecular weight excluding hydrogens is 400 g/mol. The highest BCUT2D eigenvalue weighted by Crippen LogP contribution is 2.17. The van der Waals surface area contributed by atoms with Gasteiger partial charge in [0, 0.05) is 35.8 Å². The summed E-state index contributed by atoms with van der Waals surface area (Å²) in [4.78, 5) is 33.3. The molecular formula is C26H23N4O2+. The predicted molar refractivity (Wildman–Crippen MR) is 124 cm³/mol. The fraction of sp³-hybridized carbons (Fsp3) is 0.154. The number of carbonyl (C=O) groups excluding carboxylic acids is 1. The molecule has 1 atom stereocenters. The van der Waals surface area contributed by atoms with Gasteiger partial charge in [-0.15, -0.1) is 0 Å². The first-order valence-electron chi connectivity index (χ1n) is 10.5. The van der Waals surface area contributed by atoms with E-state index in [0.29, 0.717) is 11.0 Å². The lowest BCUT2D eigenvalue weighted by molar-refractivity contribution is -0.378. The van der Waals surface area contributed by atoms with Gasteiger partial charge in [0.15, 0.2) is 12.4 Å². The van der Waals surface area contributed by atoms with Crippen molar-refractivity contribution in [1.29, 1.82) is 0 Å². The number of rotatable bonds is 4. The number of hydrogen-bond donors (Lipinski definition) is 1. The zero-order chi connectivity index (χ0) is 22.5. The van der Waals surface area contributed by atoms with Crippen molar-refractivity contribution in [1.82, 2.24) is 14.9 Å². The largest absolute Gasteiger partial charge is 0.349 e. The molecule has 0 fully saturated rings. The van der Waals surface area contributed by atoms with Gasteiger partial charge in [0.1, 0.15) is 11.2 Å². The van der Waals surface area contributed by atoms with Crippen LogP contribution in [0.15, 0.2) is 78.1 Å². The number of nitrogens with one attached hydrogen (secondary N) is 2. The number of aromatic nitrogens is 3. The molecule has 6 nitrogen and oxygen atoms in total. The van der Waals surface area contributed by atoms with Crippen molar-refractivity contribution in [3.8, 4) is 17.5 Å². The Labute approximate surface area is 186 Å². The van der Waals surface area contributed by atoms with E-state index in [1.807, 2.05) is 62.6 Å². The molecule has 1 unspecified atom stereocenters. The molecule has 0 spiro atoms. The third kappa shape index (κ3) is 4.42. The molecule has 0 saturated carbocycles. The molecule has 4 aromatic rings. The molecule has 3 heterocycles. The normalized spacial score (nSPS) is 11.4. The second-order valence-electron chi connectivity index (χ2n) is 7.49. The van der Waals surface area contributed by atoms with Gasteiger partial charge in [-0.2, -0.15) is 0 Å². The van der Waals surface area contributed by atoms with Crippen LogP contribution in [0.2, 0.25) is 0 Å². The SMILES string of the molecule is CCC(C)NC(=O)c1cn(-c2cccc(C#Cc3ccc[nH+]c3)c2)c2ncccc2c1=O. The number of pyridine rings is 3. The summed E-state index contributed by atoms with van der Waals surface area (Å²) in [6.45, 7) is 3.89. The van der Waals surface area contributed by atoms with Gasteiger partial charge >= 0.3 is 0 Å². The van der Waals surface area contributed by atoms with E-state index in [2.05, 4.69) is 27.1 Å². The zero-order valence-corrected chi connectivity index (χ0v) is 17.9. The summed E-state index contributed by atoms with van der Waals surface area (Å²) >= 11 is 0. The summed E-state index contributed by atoms with van der Waals surface area (Å²) in [6, 6.07) is 14.8. The number of H-pyrrole nitrogens is 1. The molecule has 0 aliphatic rings. The monoisotopic (exact) mass is 423 g/mol. The molecule has 158 valence electrons. The molecule has 0 aliphatic heterocycles. The first kappa shape index (κ1) is 21.0. The van der Waals surface area contributed by atoms with Crippen molar-refractivity contribution in [2.24, 2.45) is 0 Å². The lowest BCUT2D eigenvalue weighted by Crippen LogP contribution is -2.35. The summed E-state index contributed by atoms with van der Waals surface area (Å²) < 4.78 is 1.77. The molecule has 1 amide bonds. The first-order chi connectivity index (χ1) is 15.6. The van der Waals surface area contributed by atoms with Crippen LogP contribution in [0.5, 0.6) is 0 Å². The minimum absolute atomic E-state index is 0.0335. The molecule has 32 heavy (non-hydrogen) atoms. The zero-order valence-electron chi connectivity index (χ0n) is 17.9. The van der Waals surface area contributed by atoms with Gasteiger partial charge in [-0.3, -0.25) is 9.59 Å². The highest BCUT2D eigenvalue weighted by Gasteiger charge is 2.18. The van der Waals surface area contributed by atoms with Gasteiger partial charge in [-0.05, 0) is 49.7 Å². The van der Waals surface area contributed by atoms with Crippen LogP contribution in [0.25, 0.3) is 16.7 Å². The highest BCUT2D eigenvalue weighted by molar-refractivity contribution is 5.97. The van der Waals surface area contributed by atoms with Gasteiger partial charge in [0.05, 0.1) is 10.9 Å². The minimum Gasteiger partial charge on any atom is -0.349 e. The third-order valence-electron chi connectivity index (χ3n) is 5.18. The van der Waals surface area contributed by atoms with Gasteiger partial charge in [-0.1, -0.05) is 24.8 Å². The number of amides is 1. The molecule has 6 heteroatoms. The maximum Gasteiger partial charge on any atom is 0.256 e. The van der Waals surface area contributed by atoms with Crippen LogP contribution in [0, 0.1) is 11.8 Å². The summed E-state index contributed by atoms with van der Waals surface area (Å²) in [5.41, 5.74) is 2.68. The van der Waals surface area contributed by atoms with Crippen LogP contribution in [-0.4, -0.2) is 21.5 Å². The number of nitrogens with zero attached hydrogens (tertiary/aromatic N) is 2. The Bertz CT molecular complexity index is 1400. The number of aromatic amines is 1. The average molecular weight is 423 g/mol. The van der Waals surface area contributed by atoms with E-state index in [0.717, 1.165) is 23.2 Å². The van der Waals surface area contributed by atoms with Crippen molar-refractivity contribution in [3.63, 3.8) is 0 Å². The Morgan fingerprint density at radius 2 is 1.97 bits per heavy atom. The molecule has 0 bridgehead atoms. The highest BCUT2D eigenvalue weighted by atomic mass is 16.2. The summed E-state index contributed by atoms with van der Waals surface area (Å²) in [5.74, 6) is 5.89. The minimum atomic E-state index is -0.389. The van der Waals surface area contributed by atoms with Gasteiger partial charge < -0.3 is 9.88 Å². The lowest BCUT2D eigenvalue weighted by Gasteiger charge is -2.15. The van der Waals surface area contributed by atoms with Crippen molar-refractivity contribution < 1.29 is 9.78 Å². The van der Waals surface area contributed by atoms with E-state index in [1.165, 1.54) is 0 Å². The van der Waals surface area contributed by atoms with E-state index >= 15 is 0 Å². The van der Waals surface area contributed by atoms with Crippen LogP contribution in [-0.2, 0) is 0 Å². The molecule has 0 radical (unpaired) electrons. The van der Waals surface area contributed by atoms with Crippen LogP contribution < -0.4 is 15.7 Å². The Morgan fingerprint density at radius 1 is 1.16 bits per heavy atom. The summed E-state index contributed by atoms with van der Waals surface area (Å²) in [7, 11) is 0.